The number of hydrogen-bond donors (Lipinski definition) is 1. The van der Waals surface area contributed by atoms with Crippen LogP contribution in [0.2, 0.25) is 5.02 Å². The van der Waals surface area contributed by atoms with Crippen LogP contribution in [0.1, 0.15) is 51.3 Å². The molecular formula is C26H28ClN3O. The maximum Gasteiger partial charge on any atom is 0.266 e. The maximum atomic E-state index is 12.8. The second-order valence-corrected chi connectivity index (χ2v) is 8.66. The van der Waals surface area contributed by atoms with Crippen LogP contribution in [0.25, 0.3) is 11.6 Å². The average Bonchev–Trinajstić information content (AvgIpc) is 2.72. The summed E-state index contributed by atoms with van der Waals surface area (Å²) in [6.45, 7) is 11.4. The zero-order valence-electron chi connectivity index (χ0n) is 18.7. The second kappa shape index (κ2) is 8.99. The van der Waals surface area contributed by atoms with E-state index in [0.29, 0.717) is 16.3 Å². The Labute approximate surface area is 189 Å². The zero-order chi connectivity index (χ0) is 22.8. The molecule has 31 heavy (non-hydrogen) atoms. The van der Waals surface area contributed by atoms with Crippen LogP contribution >= 0.6 is 11.6 Å². The number of para-hydroxylation sites is 1. The Balaban J connectivity index is 2.00. The first kappa shape index (κ1) is 22.7. The van der Waals surface area contributed by atoms with Crippen molar-refractivity contribution in [3.8, 4) is 6.07 Å². The number of anilines is 2. The molecule has 1 amide bonds. The summed E-state index contributed by atoms with van der Waals surface area (Å²) in [6.07, 6.45) is 4.59. The lowest BCUT2D eigenvalue weighted by Crippen LogP contribution is -2.44. The minimum Gasteiger partial charge on any atom is -0.363 e. The zero-order valence-corrected chi connectivity index (χ0v) is 19.5. The fraction of sp³-hybridized carbons (Fsp3) is 0.308. The van der Waals surface area contributed by atoms with Crippen LogP contribution in [0, 0.1) is 11.3 Å². The first-order valence-electron chi connectivity index (χ1n) is 10.5. The van der Waals surface area contributed by atoms with Crippen molar-refractivity contribution in [1.29, 1.82) is 5.26 Å². The van der Waals surface area contributed by atoms with Gasteiger partial charge in [-0.1, -0.05) is 42.8 Å². The van der Waals surface area contributed by atoms with Gasteiger partial charge >= 0.3 is 0 Å². The largest absolute Gasteiger partial charge is 0.363 e. The van der Waals surface area contributed by atoms with Crippen molar-refractivity contribution in [1.82, 2.24) is 0 Å². The van der Waals surface area contributed by atoms with Crippen molar-refractivity contribution in [2.24, 2.45) is 0 Å². The quantitative estimate of drug-likeness (QED) is 0.434. The lowest BCUT2D eigenvalue weighted by Gasteiger charge is -2.43. The number of aryl methyl sites for hydroxylation is 1. The van der Waals surface area contributed by atoms with E-state index in [2.05, 4.69) is 44.0 Å². The van der Waals surface area contributed by atoms with Gasteiger partial charge in [0, 0.05) is 28.5 Å². The van der Waals surface area contributed by atoms with Gasteiger partial charge in [-0.05, 0) is 75.1 Å². The molecule has 1 N–H and O–H groups in total. The van der Waals surface area contributed by atoms with Crippen LogP contribution in [-0.2, 0) is 11.2 Å². The summed E-state index contributed by atoms with van der Waals surface area (Å²) >= 11 is 6.61. The molecule has 0 radical (unpaired) electrons. The fourth-order valence-electron chi connectivity index (χ4n) is 4.25. The van der Waals surface area contributed by atoms with Gasteiger partial charge in [0.2, 0.25) is 0 Å². The van der Waals surface area contributed by atoms with E-state index in [1.54, 1.807) is 6.08 Å². The summed E-state index contributed by atoms with van der Waals surface area (Å²) in [7, 11) is 0. The van der Waals surface area contributed by atoms with Crippen molar-refractivity contribution in [3.05, 3.63) is 69.8 Å². The molecule has 0 aromatic heterocycles. The molecule has 2 aromatic rings. The summed E-state index contributed by atoms with van der Waals surface area (Å²) in [5.41, 5.74) is 5.56. The number of hydrogen-bond acceptors (Lipinski definition) is 3. The van der Waals surface area contributed by atoms with Gasteiger partial charge in [-0.15, -0.1) is 0 Å². The molecule has 4 nitrogen and oxygen atoms in total. The summed E-state index contributed by atoms with van der Waals surface area (Å²) in [5, 5.41) is 13.0. The number of amides is 1. The molecule has 0 atom stereocenters. The number of nitriles is 1. The van der Waals surface area contributed by atoms with E-state index in [1.165, 1.54) is 0 Å². The first-order valence-corrected chi connectivity index (χ1v) is 10.9. The van der Waals surface area contributed by atoms with Crippen LogP contribution in [0.5, 0.6) is 0 Å². The third kappa shape index (κ3) is 4.52. The molecule has 2 aromatic carbocycles. The number of rotatable bonds is 5. The van der Waals surface area contributed by atoms with Crippen LogP contribution in [0.3, 0.4) is 0 Å². The van der Waals surface area contributed by atoms with Gasteiger partial charge in [-0.25, -0.2) is 0 Å². The van der Waals surface area contributed by atoms with Crippen molar-refractivity contribution in [2.45, 2.75) is 46.6 Å². The SMILES string of the molecule is CCc1ccccc1NC(=O)/C(C#N)=C/c1cc2c(cc1Cl)N(CC)C(C)(C)C=C2C. The van der Waals surface area contributed by atoms with Crippen molar-refractivity contribution in [2.75, 3.05) is 16.8 Å². The minimum absolute atomic E-state index is 0.0119. The number of fused-ring (bicyclic) bond motifs is 1. The van der Waals surface area contributed by atoms with Gasteiger partial charge in [0.25, 0.3) is 5.91 Å². The van der Waals surface area contributed by atoms with Gasteiger partial charge in [0.1, 0.15) is 11.6 Å². The molecule has 0 aliphatic carbocycles. The molecule has 5 heteroatoms. The summed E-state index contributed by atoms with van der Waals surface area (Å²) in [6, 6.07) is 13.5. The molecule has 0 bridgehead atoms. The monoisotopic (exact) mass is 433 g/mol. The Hall–Kier alpha value is -3.03. The molecule has 3 rings (SSSR count). The molecule has 0 saturated carbocycles. The summed E-state index contributed by atoms with van der Waals surface area (Å²) in [5.74, 6) is -0.444. The number of nitrogens with one attached hydrogen (secondary N) is 1. The van der Waals surface area contributed by atoms with Crippen molar-refractivity contribution < 1.29 is 4.79 Å². The Bertz CT molecular complexity index is 1120. The Morgan fingerprint density at radius 3 is 2.61 bits per heavy atom. The summed E-state index contributed by atoms with van der Waals surface area (Å²) < 4.78 is 0. The fourth-order valence-corrected chi connectivity index (χ4v) is 4.46. The van der Waals surface area contributed by atoms with Crippen molar-refractivity contribution in [3.63, 3.8) is 0 Å². The van der Waals surface area contributed by atoms with E-state index in [9.17, 15) is 10.1 Å². The molecule has 160 valence electrons. The van der Waals surface area contributed by atoms with E-state index in [4.69, 9.17) is 11.6 Å². The highest BCUT2D eigenvalue weighted by Crippen LogP contribution is 2.41. The Morgan fingerprint density at radius 2 is 1.97 bits per heavy atom. The molecule has 1 heterocycles. The Kier molecular flexibility index (Phi) is 6.57. The first-order chi connectivity index (χ1) is 14.7. The highest BCUT2D eigenvalue weighted by molar-refractivity contribution is 6.32. The highest BCUT2D eigenvalue weighted by atomic mass is 35.5. The van der Waals surface area contributed by atoms with E-state index in [0.717, 1.165) is 35.4 Å². The van der Waals surface area contributed by atoms with Gasteiger partial charge in [-0.2, -0.15) is 5.26 Å². The van der Waals surface area contributed by atoms with Crippen molar-refractivity contribution >= 4 is 40.5 Å². The normalized spacial score (nSPS) is 15.1. The highest BCUT2D eigenvalue weighted by Gasteiger charge is 2.30. The number of likely N-dealkylation sites (N-methyl/N-ethyl adjacent to an activating group) is 1. The van der Waals surface area contributed by atoms with Gasteiger partial charge in [0.05, 0.1) is 5.54 Å². The van der Waals surface area contributed by atoms with Crippen LogP contribution in [-0.4, -0.2) is 18.0 Å². The molecule has 1 aliphatic rings. The number of carbonyl (C=O) groups excluding carboxylic acids is 1. The standard InChI is InChI=1S/C26H28ClN3O/c1-6-18-10-8-9-11-23(18)29-25(31)20(16-28)12-19-13-21-17(3)15-26(4,5)30(7-2)24(21)14-22(19)27/h8-15H,6-7H2,1-5H3,(H,29,31)/b20-12+. The lowest BCUT2D eigenvalue weighted by molar-refractivity contribution is -0.112. The van der Waals surface area contributed by atoms with E-state index >= 15 is 0 Å². The molecule has 0 saturated heterocycles. The number of benzene rings is 2. The van der Waals surface area contributed by atoms with Gasteiger partial charge in [-0.3, -0.25) is 4.79 Å². The van der Waals surface area contributed by atoms with Crippen LogP contribution in [0.15, 0.2) is 48.0 Å². The third-order valence-electron chi connectivity index (χ3n) is 5.72. The third-order valence-corrected chi connectivity index (χ3v) is 6.05. The van der Waals surface area contributed by atoms with Gasteiger partial charge < -0.3 is 10.2 Å². The lowest BCUT2D eigenvalue weighted by atomic mass is 9.88. The molecule has 0 spiro atoms. The number of halogens is 1. The number of carbonyl (C=O) groups is 1. The molecular weight excluding hydrogens is 406 g/mol. The van der Waals surface area contributed by atoms with E-state index in [1.807, 2.05) is 49.4 Å². The Morgan fingerprint density at radius 1 is 1.26 bits per heavy atom. The van der Waals surface area contributed by atoms with Crippen LogP contribution in [0.4, 0.5) is 11.4 Å². The smallest absolute Gasteiger partial charge is 0.266 e. The molecule has 1 aliphatic heterocycles. The molecule has 0 fully saturated rings. The van der Waals surface area contributed by atoms with Gasteiger partial charge in [0.15, 0.2) is 0 Å². The molecule has 0 unspecified atom stereocenters. The van der Waals surface area contributed by atoms with E-state index < -0.39 is 5.91 Å². The number of nitrogens with zero attached hydrogens (tertiary/aromatic N) is 2. The minimum atomic E-state index is -0.444. The second-order valence-electron chi connectivity index (χ2n) is 8.25. The predicted octanol–water partition coefficient (Wildman–Crippen LogP) is 6.47. The topological polar surface area (TPSA) is 56.1 Å². The van der Waals surface area contributed by atoms with Crippen LogP contribution < -0.4 is 10.2 Å². The predicted molar refractivity (Wildman–Crippen MR) is 130 cm³/mol. The maximum absolute atomic E-state index is 12.8. The average molecular weight is 434 g/mol. The number of allylic oxidation sites excluding steroid dienone is 1. The summed E-state index contributed by atoms with van der Waals surface area (Å²) in [4.78, 5) is 15.1. The van der Waals surface area contributed by atoms with E-state index in [-0.39, 0.29) is 11.1 Å².